The van der Waals surface area contributed by atoms with E-state index in [-0.39, 0.29) is 6.04 Å². The summed E-state index contributed by atoms with van der Waals surface area (Å²) in [6.07, 6.45) is 0.756. The van der Waals surface area contributed by atoms with E-state index in [1.165, 1.54) is 5.56 Å². The Morgan fingerprint density at radius 1 is 1.29 bits per heavy atom. The molecule has 1 heterocycles. The Kier molecular flexibility index (Phi) is 4.98. The van der Waals surface area contributed by atoms with Crippen molar-refractivity contribution < 1.29 is 0 Å². The molecule has 0 aliphatic heterocycles. The zero-order valence-electron chi connectivity index (χ0n) is 12.5. The Bertz CT molecular complexity index is 577. The highest BCUT2D eigenvalue weighted by Gasteiger charge is 2.15. The van der Waals surface area contributed by atoms with Crippen molar-refractivity contribution in [1.82, 2.24) is 9.97 Å². The van der Waals surface area contributed by atoms with Gasteiger partial charge in [-0.25, -0.2) is 15.8 Å². The molecule has 0 fully saturated rings. The van der Waals surface area contributed by atoms with E-state index in [1.54, 1.807) is 0 Å². The van der Waals surface area contributed by atoms with Crippen molar-refractivity contribution >= 4 is 23.2 Å². The van der Waals surface area contributed by atoms with Crippen molar-refractivity contribution in [2.24, 2.45) is 5.84 Å². The second-order valence-electron chi connectivity index (χ2n) is 4.86. The van der Waals surface area contributed by atoms with Crippen molar-refractivity contribution in [3.8, 4) is 0 Å². The molecule has 0 bridgehead atoms. The molecular formula is C15H20ClN5. The summed E-state index contributed by atoms with van der Waals surface area (Å²) in [5, 5.41) is 0.735. The number of nitrogens with two attached hydrogens (primary N) is 1. The predicted octanol–water partition coefficient (Wildman–Crippen LogP) is 3.18. The smallest absolute Gasteiger partial charge is 0.145 e. The number of hydrogen-bond acceptors (Lipinski definition) is 5. The van der Waals surface area contributed by atoms with Crippen LogP contribution in [0.4, 0.5) is 11.6 Å². The number of hydrogen-bond donors (Lipinski definition) is 2. The molecule has 1 unspecified atom stereocenters. The van der Waals surface area contributed by atoms with Gasteiger partial charge in [0.1, 0.15) is 17.5 Å². The predicted molar refractivity (Wildman–Crippen MR) is 87.5 cm³/mol. The first-order valence-electron chi connectivity index (χ1n) is 6.88. The minimum absolute atomic E-state index is 0.160. The summed E-state index contributed by atoms with van der Waals surface area (Å²) < 4.78 is 0. The maximum atomic E-state index is 5.94. The zero-order chi connectivity index (χ0) is 15.4. The van der Waals surface area contributed by atoms with Gasteiger partial charge in [0, 0.05) is 24.6 Å². The third kappa shape index (κ3) is 3.62. The molecule has 1 aromatic heterocycles. The average Bonchev–Trinajstić information content (AvgIpc) is 2.53. The number of benzene rings is 1. The summed E-state index contributed by atoms with van der Waals surface area (Å²) in [6.45, 7) is 4.13. The number of halogens is 1. The molecule has 2 rings (SSSR count). The summed E-state index contributed by atoms with van der Waals surface area (Å²) >= 11 is 5.94. The number of nitrogen functional groups attached to an aromatic ring is 1. The van der Waals surface area contributed by atoms with Gasteiger partial charge >= 0.3 is 0 Å². The van der Waals surface area contributed by atoms with Crippen LogP contribution in [0.1, 0.15) is 31.3 Å². The van der Waals surface area contributed by atoms with Crippen molar-refractivity contribution in [3.05, 3.63) is 46.7 Å². The minimum Gasteiger partial charge on any atom is -0.353 e. The van der Waals surface area contributed by atoms with E-state index < -0.39 is 0 Å². The van der Waals surface area contributed by atoms with E-state index in [1.807, 2.05) is 44.3 Å². The number of hydrazine groups is 1. The van der Waals surface area contributed by atoms with E-state index in [4.69, 9.17) is 17.4 Å². The van der Waals surface area contributed by atoms with Crippen molar-refractivity contribution in [3.63, 3.8) is 0 Å². The average molecular weight is 306 g/mol. The third-order valence-electron chi connectivity index (χ3n) is 3.52. The first-order chi connectivity index (χ1) is 10.0. The first kappa shape index (κ1) is 15.5. The molecular weight excluding hydrogens is 286 g/mol. The number of nitrogens with zero attached hydrogens (tertiary/aromatic N) is 3. The quantitative estimate of drug-likeness (QED) is 0.656. The van der Waals surface area contributed by atoms with Crippen LogP contribution >= 0.6 is 11.6 Å². The lowest BCUT2D eigenvalue weighted by atomic mass is 10.1. The van der Waals surface area contributed by atoms with Crippen LogP contribution in [-0.4, -0.2) is 17.0 Å². The maximum Gasteiger partial charge on any atom is 0.145 e. The van der Waals surface area contributed by atoms with Gasteiger partial charge in [-0.05, 0) is 24.6 Å². The van der Waals surface area contributed by atoms with Gasteiger partial charge in [0.05, 0.1) is 6.04 Å². The molecule has 0 saturated carbocycles. The molecule has 21 heavy (non-hydrogen) atoms. The SMILES string of the molecule is CCc1nc(NN)cc(N(C)C(C)c2ccc(Cl)cc2)n1. The van der Waals surface area contributed by atoms with Crippen molar-refractivity contribution in [2.45, 2.75) is 26.3 Å². The van der Waals surface area contributed by atoms with Crippen LogP contribution in [-0.2, 0) is 6.42 Å². The second kappa shape index (κ2) is 6.74. The standard InChI is InChI=1S/C15H20ClN5/c1-4-13-18-14(20-17)9-15(19-13)21(3)10(2)11-5-7-12(16)8-6-11/h5-10H,4,17H2,1-3H3,(H,18,19,20). The van der Waals surface area contributed by atoms with Gasteiger partial charge in [-0.1, -0.05) is 30.7 Å². The van der Waals surface area contributed by atoms with E-state index in [9.17, 15) is 0 Å². The van der Waals surface area contributed by atoms with Gasteiger partial charge in [-0.15, -0.1) is 0 Å². The van der Waals surface area contributed by atoms with Crippen LogP contribution in [0.5, 0.6) is 0 Å². The first-order valence-corrected chi connectivity index (χ1v) is 7.25. The highest BCUT2D eigenvalue weighted by molar-refractivity contribution is 6.30. The Labute approximate surface area is 130 Å². The lowest BCUT2D eigenvalue weighted by molar-refractivity contribution is 0.722. The van der Waals surface area contributed by atoms with E-state index in [0.29, 0.717) is 5.82 Å². The molecule has 0 saturated heterocycles. The fourth-order valence-corrected chi connectivity index (χ4v) is 2.19. The van der Waals surface area contributed by atoms with Crippen LogP contribution in [0.25, 0.3) is 0 Å². The van der Waals surface area contributed by atoms with Gasteiger partial charge in [0.25, 0.3) is 0 Å². The van der Waals surface area contributed by atoms with Crippen LogP contribution < -0.4 is 16.2 Å². The molecule has 1 atom stereocenters. The fourth-order valence-electron chi connectivity index (χ4n) is 2.06. The van der Waals surface area contributed by atoms with Gasteiger partial charge < -0.3 is 10.3 Å². The molecule has 6 heteroatoms. The largest absolute Gasteiger partial charge is 0.353 e. The third-order valence-corrected chi connectivity index (χ3v) is 3.77. The molecule has 0 aliphatic rings. The maximum absolute atomic E-state index is 5.94. The monoisotopic (exact) mass is 305 g/mol. The molecule has 0 amide bonds. The fraction of sp³-hybridized carbons (Fsp3) is 0.333. The van der Waals surface area contributed by atoms with Gasteiger partial charge in [0.15, 0.2) is 0 Å². The number of anilines is 2. The van der Waals surface area contributed by atoms with E-state index in [2.05, 4.69) is 27.2 Å². The number of rotatable bonds is 5. The Morgan fingerprint density at radius 3 is 2.52 bits per heavy atom. The molecule has 0 spiro atoms. The van der Waals surface area contributed by atoms with Crippen LogP contribution in [0.2, 0.25) is 5.02 Å². The highest BCUT2D eigenvalue weighted by Crippen LogP contribution is 2.26. The van der Waals surface area contributed by atoms with Gasteiger partial charge in [-0.3, -0.25) is 0 Å². The normalized spacial score (nSPS) is 12.0. The molecule has 112 valence electrons. The Balaban J connectivity index is 2.29. The summed E-state index contributed by atoms with van der Waals surface area (Å²) in [6, 6.07) is 9.83. The molecule has 3 N–H and O–H groups in total. The lowest BCUT2D eigenvalue weighted by Gasteiger charge is -2.27. The molecule has 5 nitrogen and oxygen atoms in total. The molecule has 2 aromatic rings. The van der Waals surface area contributed by atoms with E-state index >= 15 is 0 Å². The molecule has 0 aliphatic carbocycles. The molecule has 0 radical (unpaired) electrons. The van der Waals surface area contributed by atoms with Crippen LogP contribution in [0, 0.1) is 0 Å². The number of aromatic nitrogens is 2. The van der Waals surface area contributed by atoms with Crippen molar-refractivity contribution in [2.75, 3.05) is 17.4 Å². The summed E-state index contributed by atoms with van der Waals surface area (Å²) in [5.41, 5.74) is 3.76. The minimum atomic E-state index is 0.160. The second-order valence-corrected chi connectivity index (χ2v) is 5.30. The molecule has 1 aromatic carbocycles. The summed E-state index contributed by atoms with van der Waals surface area (Å²) in [7, 11) is 2.00. The highest BCUT2D eigenvalue weighted by atomic mass is 35.5. The lowest BCUT2D eigenvalue weighted by Crippen LogP contribution is -2.24. The van der Waals surface area contributed by atoms with Crippen LogP contribution in [0.15, 0.2) is 30.3 Å². The summed E-state index contributed by atoms with van der Waals surface area (Å²) in [5.74, 6) is 7.68. The number of nitrogens with one attached hydrogen (secondary N) is 1. The zero-order valence-corrected chi connectivity index (χ0v) is 13.2. The van der Waals surface area contributed by atoms with Crippen molar-refractivity contribution in [1.29, 1.82) is 0 Å². The number of aryl methyl sites for hydroxylation is 1. The van der Waals surface area contributed by atoms with E-state index in [0.717, 1.165) is 23.1 Å². The Hall–Kier alpha value is -1.85. The summed E-state index contributed by atoms with van der Waals surface area (Å²) in [4.78, 5) is 11.0. The van der Waals surface area contributed by atoms with Crippen LogP contribution in [0.3, 0.4) is 0 Å². The van der Waals surface area contributed by atoms with Gasteiger partial charge in [-0.2, -0.15) is 0 Å². The van der Waals surface area contributed by atoms with Gasteiger partial charge in [0.2, 0.25) is 0 Å². The Morgan fingerprint density at radius 2 is 1.95 bits per heavy atom. The topological polar surface area (TPSA) is 67.1 Å².